The van der Waals surface area contributed by atoms with Crippen LogP contribution in [0.15, 0.2) is 23.7 Å². The lowest BCUT2D eigenvalue weighted by Crippen LogP contribution is -2.13. The van der Waals surface area contributed by atoms with Crippen molar-refractivity contribution in [2.45, 2.75) is 19.4 Å². The predicted octanol–water partition coefficient (Wildman–Crippen LogP) is 2.03. The number of aryl methyl sites for hydroxylation is 2. The van der Waals surface area contributed by atoms with E-state index in [4.69, 9.17) is 5.73 Å². The molecule has 0 fully saturated rings. The van der Waals surface area contributed by atoms with E-state index in [2.05, 4.69) is 23.5 Å². The summed E-state index contributed by atoms with van der Waals surface area (Å²) in [5.41, 5.74) is 8.48. The van der Waals surface area contributed by atoms with Crippen molar-refractivity contribution in [2.24, 2.45) is 12.8 Å². The van der Waals surface area contributed by atoms with E-state index in [0.717, 1.165) is 12.1 Å². The van der Waals surface area contributed by atoms with Gasteiger partial charge < -0.3 is 5.73 Å². The van der Waals surface area contributed by atoms with Crippen LogP contribution in [0.5, 0.6) is 0 Å². The molecule has 2 aromatic heterocycles. The van der Waals surface area contributed by atoms with Crippen molar-refractivity contribution in [1.82, 2.24) is 9.78 Å². The van der Waals surface area contributed by atoms with Gasteiger partial charge in [-0.25, -0.2) is 0 Å². The first-order valence-corrected chi connectivity index (χ1v) is 5.83. The molecule has 4 heteroatoms. The molecule has 2 aromatic rings. The Morgan fingerprint density at radius 3 is 2.87 bits per heavy atom. The fraction of sp³-hybridized carbons (Fsp3) is 0.364. The first kappa shape index (κ1) is 10.4. The average Bonchev–Trinajstić information content (AvgIpc) is 2.75. The largest absolute Gasteiger partial charge is 0.323 e. The summed E-state index contributed by atoms with van der Waals surface area (Å²) in [5.74, 6) is 0. The molecule has 2 heterocycles. The van der Waals surface area contributed by atoms with Gasteiger partial charge in [0.25, 0.3) is 0 Å². The van der Waals surface area contributed by atoms with Crippen molar-refractivity contribution < 1.29 is 0 Å². The molecular weight excluding hydrogens is 206 g/mol. The van der Waals surface area contributed by atoms with E-state index in [-0.39, 0.29) is 6.04 Å². The highest BCUT2D eigenvalue weighted by atomic mass is 32.1. The van der Waals surface area contributed by atoms with Crippen molar-refractivity contribution in [3.8, 4) is 0 Å². The number of thiophene rings is 1. The monoisotopic (exact) mass is 221 g/mol. The Labute approximate surface area is 93.5 Å². The fourth-order valence-electron chi connectivity index (χ4n) is 1.65. The van der Waals surface area contributed by atoms with Crippen LogP contribution in [-0.2, 0) is 13.5 Å². The molecule has 1 atom stereocenters. The zero-order valence-electron chi connectivity index (χ0n) is 8.97. The summed E-state index contributed by atoms with van der Waals surface area (Å²) >= 11 is 1.72. The van der Waals surface area contributed by atoms with Crippen molar-refractivity contribution in [1.29, 1.82) is 0 Å². The molecule has 0 radical (unpaired) electrons. The number of hydrogen-bond acceptors (Lipinski definition) is 3. The van der Waals surface area contributed by atoms with Gasteiger partial charge in [0.1, 0.15) is 0 Å². The van der Waals surface area contributed by atoms with Crippen LogP contribution in [-0.4, -0.2) is 9.78 Å². The Balaban J connectivity index is 2.10. The van der Waals surface area contributed by atoms with E-state index in [9.17, 15) is 0 Å². The number of hydrogen-bond donors (Lipinski definition) is 1. The van der Waals surface area contributed by atoms with E-state index >= 15 is 0 Å². The number of nitrogens with two attached hydrogens (primary N) is 1. The summed E-state index contributed by atoms with van der Waals surface area (Å²) in [5, 5.41) is 6.42. The molecule has 15 heavy (non-hydrogen) atoms. The SMILES string of the molecule is Cc1ccsc1C(N)Cc1ccn(C)n1. The molecule has 0 aliphatic carbocycles. The van der Waals surface area contributed by atoms with E-state index in [1.54, 1.807) is 11.3 Å². The van der Waals surface area contributed by atoms with Gasteiger partial charge in [-0.3, -0.25) is 4.68 Å². The second-order valence-electron chi connectivity index (χ2n) is 3.76. The molecule has 0 bridgehead atoms. The number of rotatable bonds is 3. The van der Waals surface area contributed by atoms with Gasteiger partial charge in [0.15, 0.2) is 0 Å². The Hall–Kier alpha value is -1.13. The third-order valence-electron chi connectivity index (χ3n) is 2.44. The summed E-state index contributed by atoms with van der Waals surface area (Å²) in [6.07, 6.45) is 2.76. The Kier molecular flexibility index (Phi) is 2.88. The van der Waals surface area contributed by atoms with Crippen molar-refractivity contribution in [2.75, 3.05) is 0 Å². The second-order valence-corrected chi connectivity index (χ2v) is 4.71. The molecular formula is C11H15N3S. The Morgan fingerprint density at radius 2 is 2.33 bits per heavy atom. The van der Waals surface area contributed by atoms with Crippen LogP contribution in [0.2, 0.25) is 0 Å². The van der Waals surface area contributed by atoms with E-state index in [1.807, 2.05) is 24.0 Å². The van der Waals surface area contributed by atoms with Crippen molar-refractivity contribution in [3.05, 3.63) is 39.8 Å². The van der Waals surface area contributed by atoms with Crippen LogP contribution in [0.4, 0.5) is 0 Å². The average molecular weight is 221 g/mol. The third-order valence-corrected chi connectivity index (χ3v) is 3.59. The Bertz CT molecular complexity index is 444. The maximum absolute atomic E-state index is 6.14. The van der Waals surface area contributed by atoms with E-state index in [1.165, 1.54) is 10.4 Å². The summed E-state index contributed by atoms with van der Waals surface area (Å²) in [6.45, 7) is 2.10. The third kappa shape index (κ3) is 2.27. The van der Waals surface area contributed by atoms with E-state index in [0.29, 0.717) is 0 Å². The van der Waals surface area contributed by atoms with Gasteiger partial charge in [0, 0.05) is 30.6 Å². The van der Waals surface area contributed by atoms with Crippen molar-refractivity contribution in [3.63, 3.8) is 0 Å². The van der Waals surface area contributed by atoms with Crippen LogP contribution >= 0.6 is 11.3 Å². The first-order chi connectivity index (χ1) is 7.16. The molecule has 1 unspecified atom stereocenters. The Morgan fingerprint density at radius 1 is 1.53 bits per heavy atom. The molecule has 0 aliphatic rings. The second kappa shape index (κ2) is 4.16. The zero-order chi connectivity index (χ0) is 10.8. The van der Waals surface area contributed by atoms with Crippen LogP contribution in [0, 0.1) is 6.92 Å². The lowest BCUT2D eigenvalue weighted by Gasteiger charge is -2.08. The van der Waals surface area contributed by atoms with Gasteiger partial charge >= 0.3 is 0 Å². The quantitative estimate of drug-likeness (QED) is 0.862. The molecule has 2 rings (SSSR count). The van der Waals surface area contributed by atoms with Crippen LogP contribution in [0.1, 0.15) is 22.2 Å². The minimum absolute atomic E-state index is 0.0694. The number of nitrogens with zero attached hydrogens (tertiary/aromatic N) is 2. The molecule has 0 aliphatic heterocycles. The highest BCUT2D eigenvalue weighted by molar-refractivity contribution is 7.10. The van der Waals surface area contributed by atoms with Gasteiger partial charge in [0.05, 0.1) is 5.69 Å². The normalized spacial score (nSPS) is 13.0. The van der Waals surface area contributed by atoms with Gasteiger partial charge in [-0.15, -0.1) is 11.3 Å². The highest BCUT2D eigenvalue weighted by Crippen LogP contribution is 2.24. The molecule has 2 N–H and O–H groups in total. The minimum Gasteiger partial charge on any atom is -0.323 e. The van der Waals surface area contributed by atoms with Gasteiger partial charge in [-0.2, -0.15) is 5.10 Å². The highest BCUT2D eigenvalue weighted by Gasteiger charge is 2.12. The standard InChI is InChI=1S/C11H15N3S/c1-8-4-6-15-11(8)10(12)7-9-3-5-14(2)13-9/h3-6,10H,7,12H2,1-2H3. The lowest BCUT2D eigenvalue weighted by atomic mass is 10.1. The fourth-order valence-corrected chi connectivity index (χ4v) is 2.59. The maximum Gasteiger partial charge on any atom is 0.0643 e. The van der Waals surface area contributed by atoms with Gasteiger partial charge in [-0.05, 0) is 30.0 Å². The molecule has 0 saturated heterocycles. The van der Waals surface area contributed by atoms with Crippen LogP contribution < -0.4 is 5.73 Å². The summed E-state index contributed by atoms with van der Waals surface area (Å²) in [6, 6.07) is 4.20. The summed E-state index contributed by atoms with van der Waals surface area (Å²) in [7, 11) is 1.92. The molecule has 0 aromatic carbocycles. The summed E-state index contributed by atoms with van der Waals surface area (Å²) in [4.78, 5) is 1.26. The van der Waals surface area contributed by atoms with Crippen molar-refractivity contribution >= 4 is 11.3 Å². The van der Waals surface area contributed by atoms with E-state index < -0.39 is 0 Å². The maximum atomic E-state index is 6.14. The predicted molar refractivity (Wildman–Crippen MR) is 62.9 cm³/mol. The van der Waals surface area contributed by atoms with Crippen LogP contribution in [0.3, 0.4) is 0 Å². The first-order valence-electron chi connectivity index (χ1n) is 4.95. The van der Waals surface area contributed by atoms with Gasteiger partial charge in [0.2, 0.25) is 0 Å². The molecule has 0 spiro atoms. The van der Waals surface area contributed by atoms with Crippen LogP contribution in [0.25, 0.3) is 0 Å². The zero-order valence-corrected chi connectivity index (χ0v) is 9.79. The lowest BCUT2D eigenvalue weighted by molar-refractivity contribution is 0.681. The topological polar surface area (TPSA) is 43.8 Å². The number of aromatic nitrogens is 2. The smallest absolute Gasteiger partial charge is 0.0643 e. The molecule has 80 valence electrons. The molecule has 0 amide bonds. The molecule has 0 saturated carbocycles. The minimum atomic E-state index is 0.0694. The van der Waals surface area contributed by atoms with Gasteiger partial charge in [-0.1, -0.05) is 0 Å². The molecule has 3 nitrogen and oxygen atoms in total. The summed E-state index contributed by atoms with van der Waals surface area (Å²) < 4.78 is 1.81.